The van der Waals surface area contributed by atoms with Gasteiger partial charge in [-0.25, -0.2) is 5.43 Å². The molecule has 0 bridgehead atoms. The first-order valence-corrected chi connectivity index (χ1v) is 8.20. The molecule has 3 heterocycles. The van der Waals surface area contributed by atoms with Gasteiger partial charge in [-0.2, -0.15) is 5.26 Å². The Morgan fingerprint density at radius 2 is 2.08 bits per heavy atom. The van der Waals surface area contributed by atoms with Crippen molar-refractivity contribution in [2.75, 3.05) is 0 Å². The summed E-state index contributed by atoms with van der Waals surface area (Å²) >= 11 is 0. The van der Waals surface area contributed by atoms with E-state index in [0.29, 0.717) is 11.1 Å². The zero-order valence-electron chi connectivity index (χ0n) is 14.0. The summed E-state index contributed by atoms with van der Waals surface area (Å²) in [6.07, 6.45) is -0.385. The number of hydrogen-bond acceptors (Lipinski definition) is 6. The highest BCUT2D eigenvalue weighted by Crippen LogP contribution is 2.41. The van der Waals surface area contributed by atoms with Crippen LogP contribution in [0.3, 0.4) is 0 Å². The van der Waals surface area contributed by atoms with Gasteiger partial charge in [0.1, 0.15) is 6.07 Å². The average molecular weight is 337 g/mol. The molecule has 5 N–H and O–H groups in total. The summed E-state index contributed by atoms with van der Waals surface area (Å²) in [5.41, 5.74) is 14.6. The van der Waals surface area contributed by atoms with E-state index in [2.05, 4.69) is 21.9 Å². The van der Waals surface area contributed by atoms with Crippen LogP contribution in [0.15, 0.2) is 40.5 Å². The first kappa shape index (κ1) is 15.7. The molecule has 2 aliphatic rings. The predicted molar refractivity (Wildman–Crippen MR) is 93.0 cm³/mol. The number of allylic oxidation sites excluding steroid dienone is 1. The van der Waals surface area contributed by atoms with E-state index < -0.39 is 5.92 Å². The fourth-order valence-corrected chi connectivity index (χ4v) is 3.85. The van der Waals surface area contributed by atoms with Gasteiger partial charge >= 0.3 is 0 Å². The number of benzene rings is 1. The molecule has 1 aromatic carbocycles. The van der Waals surface area contributed by atoms with Crippen molar-refractivity contribution in [2.24, 2.45) is 11.7 Å². The van der Waals surface area contributed by atoms with Gasteiger partial charge in [0.2, 0.25) is 5.88 Å². The standard InChI is InChI=1S/C18H19N5O2/c1-8-3-4-13-10(5-8)6-11(17(24)21-13)15-12(7-19)16(20)25-18-14(15)9(2)22-23-18/h3-6,9,14-15,18,22-23H,20H2,1-2H3,(H,21,24). The minimum absolute atomic E-state index is 0.0130. The number of nitriles is 1. The molecule has 1 saturated heterocycles. The molecule has 1 aromatic heterocycles. The molecule has 2 aromatic rings. The lowest BCUT2D eigenvalue weighted by Gasteiger charge is -2.34. The summed E-state index contributed by atoms with van der Waals surface area (Å²) in [4.78, 5) is 15.7. The Hall–Kier alpha value is -2.82. The fourth-order valence-electron chi connectivity index (χ4n) is 3.85. The highest BCUT2D eigenvalue weighted by atomic mass is 16.5. The maximum Gasteiger partial charge on any atom is 0.252 e. The molecule has 0 aliphatic carbocycles. The average Bonchev–Trinajstić information content (AvgIpc) is 2.94. The summed E-state index contributed by atoms with van der Waals surface area (Å²) in [5, 5.41) is 10.6. The van der Waals surface area contributed by atoms with E-state index in [1.165, 1.54) is 0 Å². The molecule has 4 atom stereocenters. The SMILES string of the molecule is Cc1ccc2[nH]c(=O)c(C3C(C#N)=C(N)OC4NNC(C)C43)cc2c1. The number of ether oxygens (including phenoxy) is 1. The van der Waals surface area contributed by atoms with Crippen LogP contribution < -0.4 is 22.1 Å². The fraction of sp³-hybridized carbons (Fsp3) is 0.333. The number of nitrogens with zero attached hydrogens (tertiary/aromatic N) is 1. The summed E-state index contributed by atoms with van der Waals surface area (Å²) in [6, 6.07) is 9.88. The number of hydrazine groups is 1. The van der Waals surface area contributed by atoms with Gasteiger partial charge in [-0.1, -0.05) is 11.6 Å². The van der Waals surface area contributed by atoms with Crippen molar-refractivity contribution in [3.8, 4) is 6.07 Å². The molecule has 25 heavy (non-hydrogen) atoms. The Kier molecular flexibility index (Phi) is 3.53. The number of aromatic amines is 1. The Bertz CT molecular complexity index is 987. The lowest BCUT2D eigenvalue weighted by atomic mass is 9.76. The summed E-state index contributed by atoms with van der Waals surface area (Å²) < 4.78 is 5.63. The molecule has 2 aliphatic heterocycles. The van der Waals surface area contributed by atoms with Crippen LogP contribution in [0.2, 0.25) is 0 Å². The quantitative estimate of drug-likeness (QED) is 0.619. The predicted octanol–water partition coefficient (Wildman–Crippen LogP) is 1.08. The molecule has 7 nitrogen and oxygen atoms in total. The number of fused-ring (bicyclic) bond motifs is 2. The van der Waals surface area contributed by atoms with Crippen molar-refractivity contribution < 1.29 is 4.74 Å². The van der Waals surface area contributed by atoms with Gasteiger partial charge in [0, 0.05) is 29.0 Å². The van der Waals surface area contributed by atoms with E-state index in [1.807, 2.05) is 38.1 Å². The van der Waals surface area contributed by atoms with Gasteiger partial charge in [0.15, 0.2) is 6.23 Å². The van der Waals surface area contributed by atoms with Gasteiger partial charge in [0.05, 0.1) is 5.57 Å². The van der Waals surface area contributed by atoms with Crippen molar-refractivity contribution in [1.29, 1.82) is 5.26 Å². The lowest BCUT2D eigenvalue weighted by molar-refractivity contribution is 0.0349. The van der Waals surface area contributed by atoms with E-state index >= 15 is 0 Å². The third kappa shape index (κ3) is 2.38. The van der Waals surface area contributed by atoms with E-state index in [0.717, 1.165) is 16.5 Å². The maximum atomic E-state index is 12.8. The van der Waals surface area contributed by atoms with E-state index in [1.54, 1.807) is 0 Å². The second kappa shape index (κ2) is 5.62. The van der Waals surface area contributed by atoms with Gasteiger partial charge in [-0.3, -0.25) is 10.2 Å². The van der Waals surface area contributed by atoms with Crippen LogP contribution in [0.4, 0.5) is 0 Å². The van der Waals surface area contributed by atoms with Crippen LogP contribution >= 0.6 is 0 Å². The van der Waals surface area contributed by atoms with Gasteiger partial charge in [-0.05, 0) is 37.4 Å². The summed E-state index contributed by atoms with van der Waals surface area (Å²) in [6.45, 7) is 3.99. The Labute approximate surface area is 144 Å². The zero-order valence-corrected chi connectivity index (χ0v) is 14.0. The van der Waals surface area contributed by atoms with E-state index in [-0.39, 0.29) is 29.6 Å². The molecular weight excluding hydrogens is 318 g/mol. The van der Waals surface area contributed by atoms with Crippen molar-refractivity contribution >= 4 is 10.9 Å². The minimum Gasteiger partial charge on any atom is -0.458 e. The Balaban J connectivity index is 1.95. The van der Waals surface area contributed by atoms with Crippen LogP contribution in [0.5, 0.6) is 0 Å². The lowest BCUT2D eigenvalue weighted by Crippen LogP contribution is -2.42. The summed E-state index contributed by atoms with van der Waals surface area (Å²) in [7, 11) is 0. The number of rotatable bonds is 1. The second-order valence-corrected chi connectivity index (χ2v) is 6.71. The van der Waals surface area contributed by atoms with Crippen LogP contribution in [-0.4, -0.2) is 17.3 Å². The van der Waals surface area contributed by atoms with Gasteiger partial charge < -0.3 is 15.5 Å². The molecule has 0 spiro atoms. The maximum absolute atomic E-state index is 12.8. The number of hydrogen-bond donors (Lipinski definition) is 4. The number of H-pyrrole nitrogens is 1. The van der Waals surface area contributed by atoms with Crippen LogP contribution in [-0.2, 0) is 4.74 Å². The number of aromatic nitrogens is 1. The van der Waals surface area contributed by atoms with Crippen molar-refractivity contribution in [2.45, 2.75) is 32.0 Å². The number of nitrogens with two attached hydrogens (primary N) is 1. The monoisotopic (exact) mass is 337 g/mol. The van der Waals surface area contributed by atoms with E-state index in [9.17, 15) is 10.1 Å². The normalized spacial score (nSPS) is 28.5. The number of nitrogens with one attached hydrogen (secondary N) is 3. The van der Waals surface area contributed by atoms with E-state index in [4.69, 9.17) is 10.5 Å². The second-order valence-electron chi connectivity index (χ2n) is 6.71. The number of aryl methyl sites for hydroxylation is 1. The molecule has 7 heteroatoms. The highest BCUT2D eigenvalue weighted by molar-refractivity contribution is 5.80. The van der Waals surface area contributed by atoms with Gasteiger partial charge in [-0.15, -0.1) is 0 Å². The molecule has 0 saturated carbocycles. The zero-order chi connectivity index (χ0) is 17.7. The smallest absolute Gasteiger partial charge is 0.252 e. The molecule has 0 radical (unpaired) electrons. The van der Waals surface area contributed by atoms with Crippen LogP contribution in [0.1, 0.15) is 24.0 Å². The summed E-state index contributed by atoms with van der Waals surface area (Å²) in [5.74, 6) is -0.485. The molecule has 128 valence electrons. The molecule has 4 unspecified atom stereocenters. The molecule has 0 amide bonds. The van der Waals surface area contributed by atoms with Crippen molar-refractivity contribution in [3.05, 3.63) is 57.2 Å². The Morgan fingerprint density at radius 1 is 1.28 bits per heavy atom. The van der Waals surface area contributed by atoms with Crippen LogP contribution in [0, 0.1) is 24.2 Å². The highest BCUT2D eigenvalue weighted by Gasteiger charge is 2.47. The first-order chi connectivity index (χ1) is 12.0. The van der Waals surface area contributed by atoms with Gasteiger partial charge in [0.25, 0.3) is 5.56 Å². The van der Waals surface area contributed by atoms with Crippen molar-refractivity contribution in [3.63, 3.8) is 0 Å². The first-order valence-electron chi connectivity index (χ1n) is 8.20. The molecule has 4 rings (SSSR count). The third-order valence-corrected chi connectivity index (χ3v) is 5.08. The third-order valence-electron chi connectivity index (χ3n) is 5.08. The van der Waals surface area contributed by atoms with Crippen LogP contribution in [0.25, 0.3) is 10.9 Å². The topological polar surface area (TPSA) is 116 Å². The van der Waals surface area contributed by atoms with Crippen molar-refractivity contribution in [1.82, 2.24) is 15.8 Å². The minimum atomic E-state index is -0.435. The largest absolute Gasteiger partial charge is 0.458 e. The molecular formula is C18H19N5O2. The molecule has 1 fully saturated rings. The Morgan fingerprint density at radius 3 is 2.84 bits per heavy atom. The number of pyridine rings is 1.